The molecular formula is C10H22N2O2. The van der Waals surface area contributed by atoms with Crippen molar-refractivity contribution in [3.05, 3.63) is 0 Å². The van der Waals surface area contributed by atoms with E-state index >= 15 is 0 Å². The van der Waals surface area contributed by atoms with Gasteiger partial charge < -0.3 is 15.7 Å². The summed E-state index contributed by atoms with van der Waals surface area (Å²) in [5.74, 6) is 0.524. The van der Waals surface area contributed by atoms with Gasteiger partial charge in [-0.05, 0) is 12.3 Å². The van der Waals surface area contributed by atoms with E-state index in [1.54, 1.807) is 7.05 Å². The van der Waals surface area contributed by atoms with Crippen LogP contribution in [0.1, 0.15) is 26.7 Å². The number of hydrogen-bond acceptors (Lipinski definition) is 3. The van der Waals surface area contributed by atoms with Gasteiger partial charge in [0, 0.05) is 32.7 Å². The summed E-state index contributed by atoms with van der Waals surface area (Å²) in [5, 5.41) is 14.7. The second-order valence-corrected chi connectivity index (χ2v) is 3.74. The molecule has 0 heterocycles. The first-order chi connectivity index (χ1) is 6.61. The molecular weight excluding hydrogens is 180 g/mol. The van der Waals surface area contributed by atoms with Crippen molar-refractivity contribution in [2.24, 2.45) is 5.92 Å². The minimum absolute atomic E-state index is 0.0454. The lowest BCUT2D eigenvalue weighted by Crippen LogP contribution is -2.37. The van der Waals surface area contributed by atoms with Crippen molar-refractivity contribution in [2.75, 3.05) is 20.2 Å². The van der Waals surface area contributed by atoms with Gasteiger partial charge >= 0.3 is 0 Å². The number of aliphatic hydroxyl groups excluding tert-OH is 1. The monoisotopic (exact) mass is 202 g/mol. The van der Waals surface area contributed by atoms with E-state index in [0.717, 1.165) is 6.42 Å². The van der Waals surface area contributed by atoms with Crippen molar-refractivity contribution < 1.29 is 9.90 Å². The molecule has 0 fully saturated rings. The Morgan fingerprint density at radius 2 is 2.07 bits per heavy atom. The Labute approximate surface area is 86.1 Å². The van der Waals surface area contributed by atoms with E-state index in [0.29, 0.717) is 24.9 Å². The first kappa shape index (κ1) is 13.4. The summed E-state index contributed by atoms with van der Waals surface area (Å²) < 4.78 is 0. The average molecular weight is 202 g/mol. The topological polar surface area (TPSA) is 61.4 Å². The van der Waals surface area contributed by atoms with Gasteiger partial charge in [0.15, 0.2) is 0 Å². The number of carbonyl (C=O) groups is 1. The molecule has 1 amide bonds. The van der Waals surface area contributed by atoms with E-state index in [9.17, 15) is 4.79 Å². The number of hydrogen-bond donors (Lipinski definition) is 3. The van der Waals surface area contributed by atoms with Gasteiger partial charge in [-0.25, -0.2) is 0 Å². The predicted molar refractivity (Wildman–Crippen MR) is 57.0 cm³/mol. The summed E-state index contributed by atoms with van der Waals surface area (Å²) in [6.07, 6.45) is 1.23. The van der Waals surface area contributed by atoms with Crippen LogP contribution in [0.15, 0.2) is 0 Å². The maximum Gasteiger partial charge on any atom is 0.221 e. The summed E-state index contributed by atoms with van der Waals surface area (Å²) >= 11 is 0. The van der Waals surface area contributed by atoms with Gasteiger partial charge in [0.25, 0.3) is 0 Å². The van der Waals surface area contributed by atoms with Crippen LogP contribution in [0.3, 0.4) is 0 Å². The van der Waals surface area contributed by atoms with Crippen LogP contribution in [0.2, 0.25) is 0 Å². The average Bonchev–Trinajstić information content (AvgIpc) is 2.16. The van der Waals surface area contributed by atoms with Gasteiger partial charge in [-0.2, -0.15) is 0 Å². The molecule has 0 bridgehead atoms. The molecule has 0 radical (unpaired) electrons. The number of aliphatic hydroxyl groups is 1. The molecule has 1 unspecified atom stereocenters. The Hall–Kier alpha value is -0.610. The van der Waals surface area contributed by atoms with Crippen LogP contribution in [0, 0.1) is 5.92 Å². The predicted octanol–water partition coefficient (Wildman–Crippen LogP) is 0.119. The highest BCUT2D eigenvalue weighted by molar-refractivity contribution is 5.75. The van der Waals surface area contributed by atoms with E-state index < -0.39 is 0 Å². The molecule has 0 saturated carbocycles. The minimum Gasteiger partial charge on any atom is -0.396 e. The Balaban J connectivity index is 3.65. The standard InChI is InChI=1S/C10H22N2O2/c1-8(2)9(5-7-13)12-6-4-10(14)11-3/h8-9,12-13H,4-7H2,1-3H3,(H,11,14). The first-order valence-electron chi connectivity index (χ1n) is 5.16. The molecule has 0 aliphatic rings. The van der Waals surface area contributed by atoms with Crippen LogP contribution < -0.4 is 10.6 Å². The zero-order chi connectivity index (χ0) is 11.0. The maximum absolute atomic E-state index is 10.9. The quantitative estimate of drug-likeness (QED) is 0.549. The highest BCUT2D eigenvalue weighted by Crippen LogP contribution is 2.04. The van der Waals surface area contributed by atoms with Crippen molar-refractivity contribution in [3.8, 4) is 0 Å². The second kappa shape index (κ2) is 7.76. The van der Waals surface area contributed by atoms with E-state index in [4.69, 9.17) is 5.11 Å². The third-order valence-electron chi connectivity index (χ3n) is 2.28. The van der Waals surface area contributed by atoms with Crippen LogP contribution in [-0.4, -0.2) is 37.3 Å². The van der Waals surface area contributed by atoms with Crippen molar-refractivity contribution in [2.45, 2.75) is 32.7 Å². The number of carbonyl (C=O) groups excluding carboxylic acids is 1. The lowest BCUT2D eigenvalue weighted by Gasteiger charge is -2.21. The largest absolute Gasteiger partial charge is 0.396 e. The van der Waals surface area contributed by atoms with Crippen LogP contribution in [0.4, 0.5) is 0 Å². The van der Waals surface area contributed by atoms with Gasteiger partial charge in [-0.3, -0.25) is 4.79 Å². The van der Waals surface area contributed by atoms with E-state index in [-0.39, 0.29) is 12.5 Å². The Bertz CT molecular complexity index is 160. The fourth-order valence-corrected chi connectivity index (χ4v) is 1.31. The Kier molecular flexibility index (Phi) is 7.42. The molecule has 0 aliphatic carbocycles. The van der Waals surface area contributed by atoms with Gasteiger partial charge in [0.2, 0.25) is 5.91 Å². The molecule has 0 aliphatic heterocycles. The third kappa shape index (κ3) is 5.94. The van der Waals surface area contributed by atoms with Crippen molar-refractivity contribution in [1.29, 1.82) is 0 Å². The Morgan fingerprint density at radius 1 is 1.43 bits per heavy atom. The van der Waals surface area contributed by atoms with Gasteiger partial charge in [0.05, 0.1) is 0 Å². The number of nitrogens with one attached hydrogen (secondary N) is 2. The molecule has 3 N–H and O–H groups in total. The zero-order valence-corrected chi connectivity index (χ0v) is 9.34. The van der Waals surface area contributed by atoms with E-state index in [1.165, 1.54) is 0 Å². The molecule has 14 heavy (non-hydrogen) atoms. The van der Waals surface area contributed by atoms with Crippen LogP contribution in [-0.2, 0) is 4.79 Å². The lowest BCUT2D eigenvalue weighted by molar-refractivity contribution is -0.120. The molecule has 0 spiro atoms. The highest BCUT2D eigenvalue weighted by Gasteiger charge is 2.11. The molecule has 0 aromatic rings. The van der Waals surface area contributed by atoms with Crippen LogP contribution in [0.25, 0.3) is 0 Å². The molecule has 4 heteroatoms. The van der Waals surface area contributed by atoms with Crippen molar-refractivity contribution in [3.63, 3.8) is 0 Å². The smallest absolute Gasteiger partial charge is 0.221 e. The Morgan fingerprint density at radius 3 is 2.50 bits per heavy atom. The van der Waals surface area contributed by atoms with Crippen LogP contribution in [0.5, 0.6) is 0 Å². The van der Waals surface area contributed by atoms with Crippen molar-refractivity contribution in [1.82, 2.24) is 10.6 Å². The fourth-order valence-electron chi connectivity index (χ4n) is 1.31. The second-order valence-electron chi connectivity index (χ2n) is 3.74. The minimum atomic E-state index is 0.0454. The molecule has 0 rings (SSSR count). The van der Waals surface area contributed by atoms with E-state index in [1.807, 2.05) is 0 Å². The van der Waals surface area contributed by atoms with Crippen LogP contribution >= 0.6 is 0 Å². The zero-order valence-electron chi connectivity index (χ0n) is 9.34. The molecule has 4 nitrogen and oxygen atoms in total. The molecule has 0 aromatic heterocycles. The fraction of sp³-hybridized carbons (Fsp3) is 0.900. The third-order valence-corrected chi connectivity index (χ3v) is 2.28. The summed E-state index contributed by atoms with van der Waals surface area (Å²) in [5.41, 5.74) is 0. The van der Waals surface area contributed by atoms with Crippen molar-refractivity contribution >= 4 is 5.91 Å². The summed E-state index contributed by atoms with van der Waals surface area (Å²) in [6.45, 7) is 5.07. The number of amides is 1. The maximum atomic E-state index is 10.9. The van der Waals surface area contributed by atoms with Gasteiger partial charge in [0.1, 0.15) is 0 Å². The highest BCUT2D eigenvalue weighted by atomic mass is 16.3. The molecule has 84 valence electrons. The number of rotatable bonds is 7. The normalized spacial score (nSPS) is 12.9. The molecule has 0 saturated heterocycles. The summed E-state index contributed by atoms with van der Waals surface area (Å²) in [4.78, 5) is 10.9. The molecule has 0 aromatic carbocycles. The summed E-state index contributed by atoms with van der Waals surface area (Å²) in [6, 6.07) is 0.296. The lowest BCUT2D eigenvalue weighted by atomic mass is 10.0. The SMILES string of the molecule is CNC(=O)CCNC(CCO)C(C)C. The van der Waals surface area contributed by atoms with Gasteiger partial charge in [-0.15, -0.1) is 0 Å². The van der Waals surface area contributed by atoms with Gasteiger partial charge in [-0.1, -0.05) is 13.8 Å². The van der Waals surface area contributed by atoms with E-state index in [2.05, 4.69) is 24.5 Å². The summed E-state index contributed by atoms with van der Waals surface area (Å²) in [7, 11) is 1.63. The molecule has 1 atom stereocenters. The first-order valence-corrected chi connectivity index (χ1v) is 5.16.